The van der Waals surface area contributed by atoms with Gasteiger partial charge in [0, 0.05) is 12.1 Å². The van der Waals surface area contributed by atoms with Crippen molar-refractivity contribution in [1.29, 1.82) is 0 Å². The van der Waals surface area contributed by atoms with Crippen LogP contribution in [0.1, 0.15) is 15.9 Å². The quantitative estimate of drug-likeness (QED) is 0.478. The van der Waals surface area contributed by atoms with Gasteiger partial charge in [-0.05, 0) is 24.6 Å². The molecule has 0 unspecified atom stereocenters. The van der Waals surface area contributed by atoms with Crippen molar-refractivity contribution in [1.82, 2.24) is 0 Å². The number of ether oxygens (including phenoxy) is 2. The predicted octanol–water partition coefficient (Wildman–Crippen LogP) is 3.06. The number of carboxylic acids is 1. The molecule has 0 aliphatic rings. The van der Waals surface area contributed by atoms with Gasteiger partial charge in [0.15, 0.2) is 0 Å². The van der Waals surface area contributed by atoms with E-state index in [9.17, 15) is 14.9 Å². The van der Waals surface area contributed by atoms with Crippen LogP contribution in [0.2, 0.25) is 0 Å². The number of carboxylic acid groups (broad SMARTS) is 1. The second-order valence-corrected chi connectivity index (χ2v) is 4.71. The minimum atomic E-state index is -1.29. The maximum Gasteiger partial charge on any atom is 0.339 e. The van der Waals surface area contributed by atoms with E-state index in [4.69, 9.17) is 14.6 Å². The van der Waals surface area contributed by atoms with Gasteiger partial charge in [-0.1, -0.05) is 18.2 Å². The zero-order valence-corrected chi connectivity index (χ0v) is 12.4. The Kier molecular flexibility index (Phi) is 5.14. The van der Waals surface area contributed by atoms with Gasteiger partial charge in [0.2, 0.25) is 0 Å². The molecule has 0 atom stereocenters. The average molecular weight is 317 g/mol. The van der Waals surface area contributed by atoms with Crippen LogP contribution < -0.4 is 9.47 Å². The van der Waals surface area contributed by atoms with E-state index in [1.165, 1.54) is 12.1 Å². The van der Waals surface area contributed by atoms with Crippen molar-refractivity contribution in [3.05, 3.63) is 63.7 Å². The molecular weight excluding hydrogens is 302 g/mol. The summed E-state index contributed by atoms with van der Waals surface area (Å²) in [6, 6.07) is 10.9. The van der Waals surface area contributed by atoms with E-state index in [1.807, 2.05) is 31.2 Å². The zero-order chi connectivity index (χ0) is 16.8. The van der Waals surface area contributed by atoms with E-state index < -0.39 is 10.9 Å². The highest BCUT2D eigenvalue weighted by Gasteiger charge is 2.17. The van der Waals surface area contributed by atoms with Crippen LogP contribution in [-0.4, -0.2) is 29.2 Å². The summed E-state index contributed by atoms with van der Waals surface area (Å²) in [5.41, 5.74) is 0.426. The van der Waals surface area contributed by atoms with Gasteiger partial charge < -0.3 is 14.6 Å². The molecule has 2 aromatic rings. The number of hydrogen-bond donors (Lipinski definition) is 1. The first-order valence-corrected chi connectivity index (χ1v) is 6.82. The van der Waals surface area contributed by atoms with Crippen molar-refractivity contribution in [3.8, 4) is 11.5 Å². The molecule has 23 heavy (non-hydrogen) atoms. The molecule has 0 heterocycles. The maximum atomic E-state index is 11.2. The van der Waals surface area contributed by atoms with E-state index in [2.05, 4.69) is 0 Å². The van der Waals surface area contributed by atoms with Crippen LogP contribution in [0.15, 0.2) is 42.5 Å². The highest BCUT2D eigenvalue weighted by Crippen LogP contribution is 2.24. The first-order valence-electron chi connectivity index (χ1n) is 6.82. The molecular formula is C16H15NO6. The number of aromatic carboxylic acids is 1. The normalized spacial score (nSPS) is 10.1. The SMILES string of the molecule is Cc1ccccc1OCCOc1ccc([N+](=O)[O-])cc1C(=O)O. The Morgan fingerprint density at radius 2 is 1.78 bits per heavy atom. The van der Waals surface area contributed by atoms with Crippen molar-refractivity contribution < 1.29 is 24.3 Å². The summed E-state index contributed by atoms with van der Waals surface area (Å²) in [7, 11) is 0. The van der Waals surface area contributed by atoms with Crippen molar-refractivity contribution >= 4 is 11.7 Å². The second-order valence-electron chi connectivity index (χ2n) is 4.71. The fourth-order valence-corrected chi connectivity index (χ4v) is 1.95. The van der Waals surface area contributed by atoms with Gasteiger partial charge in [-0.15, -0.1) is 0 Å². The molecule has 0 radical (unpaired) electrons. The summed E-state index contributed by atoms with van der Waals surface area (Å²) >= 11 is 0. The van der Waals surface area contributed by atoms with Gasteiger partial charge in [0.05, 0.1) is 4.92 Å². The maximum absolute atomic E-state index is 11.2. The number of nitro groups is 1. The number of non-ortho nitro benzene ring substituents is 1. The topological polar surface area (TPSA) is 98.9 Å². The fraction of sp³-hybridized carbons (Fsp3) is 0.188. The van der Waals surface area contributed by atoms with Gasteiger partial charge >= 0.3 is 5.97 Å². The van der Waals surface area contributed by atoms with Crippen LogP contribution in [0.5, 0.6) is 11.5 Å². The number of para-hydroxylation sites is 1. The minimum absolute atomic E-state index is 0.0662. The van der Waals surface area contributed by atoms with E-state index in [1.54, 1.807) is 0 Å². The molecule has 0 aliphatic heterocycles. The van der Waals surface area contributed by atoms with Crippen molar-refractivity contribution in [2.45, 2.75) is 6.92 Å². The second kappa shape index (κ2) is 7.26. The molecule has 2 aromatic carbocycles. The van der Waals surface area contributed by atoms with Crippen LogP contribution in [0, 0.1) is 17.0 Å². The highest BCUT2D eigenvalue weighted by molar-refractivity contribution is 5.91. The molecule has 120 valence electrons. The molecule has 7 nitrogen and oxygen atoms in total. The summed E-state index contributed by atoms with van der Waals surface area (Å²) in [4.78, 5) is 21.2. The van der Waals surface area contributed by atoms with Gasteiger partial charge in [0.25, 0.3) is 5.69 Å². The largest absolute Gasteiger partial charge is 0.490 e. The number of carbonyl (C=O) groups is 1. The van der Waals surface area contributed by atoms with Gasteiger partial charge in [0.1, 0.15) is 30.3 Å². The summed E-state index contributed by atoms with van der Waals surface area (Å²) in [6.07, 6.45) is 0. The summed E-state index contributed by atoms with van der Waals surface area (Å²) in [6.45, 7) is 2.25. The van der Waals surface area contributed by atoms with E-state index in [0.717, 1.165) is 17.4 Å². The third kappa shape index (κ3) is 4.19. The molecule has 0 spiro atoms. The van der Waals surface area contributed by atoms with Crippen LogP contribution in [0.4, 0.5) is 5.69 Å². The predicted molar refractivity (Wildman–Crippen MR) is 82.2 cm³/mol. The monoisotopic (exact) mass is 317 g/mol. The number of hydrogen-bond acceptors (Lipinski definition) is 5. The van der Waals surface area contributed by atoms with E-state index in [0.29, 0.717) is 0 Å². The first-order chi connectivity index (χ1) is 11.0. The van der Waals surface area contributed by atoms with Crippen LogP contribution >= 0.6 is 0 Å². The lowest BCUT2D eigenvalue weighted by Gasteiger charge is -2.11. The smallest absolute Gasteiger partial charge is 0.339 e. The average Bonchev–Trinajstić information content (AvgIpc) is 2.52. The molecule has 0 saturated heterocycles. The number of rotatable bonds is 7. The van der Waals surface area contributed by atoms with Crippen LogP contribution in [0.3, 0.4) is 0 Å². The Bertz CT molecular complexity index is 728. The third-order valence-electron chi connectivity index (χ3n) is 3.10. The van der Waals surface area contributed by atoms with Gasteiger partial charge in [-0.2, -0.15) is 0 Å². The molecule has 0 aromatic heterocycles. The number of nitrogens with zero attached hydrogens (tertiary/aromatic N) is 1. The summed E-state index contributed by atoms with van der Waals surface area (Å²) in [5, 5.41) is 19.8. The lowest BCUT2D eigenvalue weighted by Crippen LogP contribution is -2.12. The molecule has 1 N–H and O–H groups in total. The number of benzene rings is 2. The van der Waals surface area contributed by atoms with E-state index in [-0.39, 0.29) is 30.2 Å². The zero-order valence-electron chi connectivity index (χ0n) is 12.4. The van der Waals surface area contributed by atoms with Crippen LogP contribution in [0.25, 0.3) is 0 Å². The molecule has 0 saturated carbocycles. The Balaban J connectivity index is 1.99. The van der Waals surface area contributed by atoms with Crippen molar-refractivity contribution in [2.75, 3.05) is 13.2 Å². The lowest BCUT2D eigenvalue weighted by molar-refractivity contribution is -0.384. The molecule has 7 heteroatoms. The van der Waals surface area contributed by atoms with Crippen molar-refractivity contribution in [3.63, 3.8) is 0 Å². The molecule has 0 amide bonds. The standard InChI is InChI=1S/C16H15NO6/c1-11-4-2-3-5-14(11)22-8-9-23-15-7-6-12(17(20)21)10-13(15)16(18)19/h2-7,10H,8-9H2,1H3,(H,18,19). The Labute approximate surface area is 132 Å². The van der Waals surface area contributed by atoms with Gasteiger partial charge in [-0.25, -0.2) is 4.79 Å². The lowest BCUT2D eigenvalue weighted by atomic mass is 10.2. The Morgan fingerprint density at radius 3 is 2.39 bits per heavy atom. The van der Waals surface area contributed by atoms with Gasteiger partial charge in [-0.3, -0.25) is 10.1 Å². The summed E-state index contributed by atoms with van der Waals surface area (Å²) in [5.74, 6) is -0.502. The molecule has 2 rings (SSSR count). The summed E-state index contributed by atoms with van der Waals surface area (Å²) < 4.78 is 10.9. The Morgan fingerprint density at radius 1 is 1.13 bits per heavy atom. The van der Waals surface area contributed by atoms with Crippen LogP contribution in [-0.2, 0) is 0 Å². The molecule has 0 fully saturated rings. The molecule has 0 aliphatic carbocycles. The third-order valence-corrected chi connectivity index (χ3v) is 3.10. The highest BCUT2D eigenvalue weighted by atomic mass is 16.6. The molecule has 0 bridgehead atoms. The number of nitro benzene ring substituents is 1. The van der Waals surface area contributed by atoms with Crippen molar-refractivity contribution in [2.24, 2.45) is 0 Å². The minimum Gasteiger partial charge on any atom is -0.490 e. The number of aryl methyl sites for hydroxylation is 1. The first kappa shape index (κ1) is 16.3. The van der Waals surface area contributed by atoms with E-state index >= 15 is 0 Å². The Hall–Kier alpha value is -3.09. The fourth-order valence-electron chi connectivity index (χ4n) is 1.95.